The van der Waals surface area contributed by atoms with E-state index in [1.165, 1.54) is 12.5 Å². The van der Waals surface area contributed by atoms with Crippen LogP contribution >= 0.6 is 0 Å². The van der Waals surface area contributed by atoms with Crippen LogP contribution in [0, 0.1) is 12.8 Å². The number of fused-ring (bicyclic) bond motifs is 1. The number of nitrogens with one attached hydrogen (secondary N) is 1. The van der Waals surface area contributed by atoms with E-state index in [9.17, 15) is 9.59 Å². The van der Waals surface area contributed by atoms with Gasteiger partial charge in [-0.25, -0.2) is 4.98 Å². The van der Waals surface area contributed by atoms with Crippen LogP contribution in [0.2, 0.25) is 0 Å². The van der Waals surface area contributed by atoms with E-state index in [0.29, 0.717) is 5.91 Å². The summed E-state index contributed by atoms with van der Waals surface area (Å²) in [6.45, 7) is 9.73. The molecule has 2 amide bonds. The number of piperazine rings is 1. The second-order valence-corrected chi connectivity index (χ2v) is 10.1. The Hall–Kier alpha value is -3.45. The fourth-order valence-corrected chi connectivity index (χ4v) is 5.40. The second kappa shape index (κ2) is 10.7. The van der Waals surface area contributed by atoms with Gasteiger partial charge in [-0.2, -0.15) is 0 Å². The second-order valence-electron chi connectivity index (χ2n) is 10.1. The smallest absolute Gasteiger partial charge is 0.225 e. The molecule has 0 spiro atoms. The Labute approximate surface area is 213 Å². The lowest BCUT2D eigenvalue weighted by molar-refractivity contribution is -0.138. The maximum Gasteiger partial charge on any atom is 0.225 e. The van der Waals surface area contributed by atoms with E-state index in [2.05, 4.69) is 57.3 Å². The maximum absolute atomic E-state index is 13.2. The summed E-state index contributed by atoms with van der Waals surface area (Å²) in [6.07, 6.45) is 1.73. The average Bonchev–Trinajstić information content (AvgIpc) is 2.89. The quantitative estimate of drug-likeness (QED) is 0.590. The molecule has 0 saturated carbocycles. The highest BCUT2D eigenvalue weighted by Gasteiger charge is 2.31. The third-order valence-corrected chi connectivity index (χ3v) is 7.42. The van der Waals surface area contributed by atoms with Crippen molar-refractivity contribution in [3.63, 3.8) is 0 Å². The Morgan fingerprint density at radius 2 is 1.67 bits per heavy atom. The number of amides is 2. The minimum atomic E-state index is -0.0805. The normalized spacial score (nSPS) is 17.4. The summed E-state index contributed by atoms with van der Waals surface area (Å²) >= 11 is 0. The van der Waals surface area contributed by atoms with Crippen LogP contribution < -0.4 is 10.2 Å². The first-order chi connectivity index (χ1) is 17.5. The van der Waals surface area contributed by atoms with Gasteiger partial charge in [0.15, 0.2) is 0 Å². The third-order valence-electron chi connectivity index (χ3n) is 7.42. The lowest BCUT2D eigenvalue weighted by atomic mass is 9.94. The van der Waals surface area contributed by atoms with Crippen molar-refractivity contribution in [2.75, 3.05) is 49.5 Å². The molecule has 188 valence electrons. The molecule has 2 aliphatic heterocycles. The Morgan fingerprint density at radius 3 is 2.36 bits per heavy atom. The van der Waals surface area contributed by atoms with Crippen molar-refractivity contribution in [2.24, 2.45) is 5.92 Å². The molecule has 7 nitrogen and oxygen atoms in total. The van der Waals surface area contributed by atoms with Crippen LogP contribution in [0.4, 0.5) is 11.5 Å². The van der Waals surface area contributed by atoms with Crippen LogP contribution in [0.15, 0.2) is 54.6 Å². The van der Waals surface area contributed by atoms with E-state index in [4.69, 9.17) is 4.98 Å². The summed E-state index contributed by atoms with van der Waals surface area (Å²) in [5.74, 6) is 1.31. The Kier molecular flexibility index (Phi) is 7.18. The molecule has 2 fully saturated rings. The number of aryl methyl sites for hydroxylation is 1. The van der Waals surface area contributed by atoms with Gasteiger partial charge in [0.1, 0.15) is 5.82 Å². The zero-order valence-electron chi connectivity index (χ0n) is 21.2. The van der Waals surface area contributed by atoms with E-state index < -0.39 is 0 Å². The molecule has 1 N–H and O–H groups in total. The zero-order valence-corrected chi connectivity index (χ0v) is 21.2. The SMILES string of the molecule is CC(=O)Nc1ccc2nc(N3CCC(C(=O)N4CCN(Cc5ccccc5)CC4)CC3)cc(C)c2c1. The summed E-state index contributed by atoms with van der Waals surface area (Å²) < 4.78 is 0. The van der Waals surface area contributed by atoms with Crippen molar-refractivity contribution >= 4 is 34.2 Å². The molecule has 5 rings (SSSR count). The van der Waals surface area contributed by atoms with Crippen LogP contribution in [0.5, 0.6) is 0 Å². The number of carbonyl (C=O) groups excluding carboxylic acids is 2. The molecule has 2 aliphatic rings. The number of piperidine rings is 1. The fourth-order valence-electron chi connectivity index (χ4n) is 5.40. The lowest BCUT2D eigenvalue weighted by Crippen LogP contribution is -2.51. The number of aromatic nitrogens is 1. The van der Waals surface area contributed by atoms with Gasteiger partial charge in [0, 0.05) is 69.7 Å². The first-order valence-corrected chi connectivity index (χ1v) is 13.0. The summed E-state index contributed by atoms with van der Waals surface area (Å²) in [6, 6.07) is 18.5. The van der Waals surface area contributed by atoms with Crippen LogP contribution in [0.3, 0.4) is 0 Å². The van der Waals surface area contributed by atoms with Gasteiger partial charge in [0.2, 0.25) is 11.8 Å². The lowest BCUT2D eigenvalue weighted by Gasteiger charge is -2.39. The number of nitrogens with zero attached hydrogens (tertiary/aromatic N) is 4. The van der Waals surface area contributed by atoms with Crippen LogP contribution in [0.1, 0.15) is 30.9 Å². The molecule has 0 atom stereocenters. The average molecular weight is 486 g/mol. The predicted molar refractivity (Wildman–Crippen MR) is 144 cm³/mol. The number of benzene rings is 2. The van der Waals surface area contributed by atoms with Crippen molar-refractivity contribution in [3.8, 4) is 0 Å². The van der Waals surface area contributed by atoms with Gasteiger partial charge in [-0.15, -0.1) is 0 Å². The summed E-state index contributed by atoms with van der Waals surface area (Å²) in [5, 5.41) is 3.89. The Bertz CT molecular complexity index is 1230. The number of pyridine rings is 1. The molecule has 0 unspecified atom stereocenters. The molecule has 3 aromatic rings. The molecular weight excluding hydrogens is 450 g/mol. The van der Waals surface area contributed by atoms with E-state index in [0.717, 1.165) is 86.6 Å². The van der Waals surface area contributed by atoms with Gasteiger partial charge in [0.25, 0.3) is 0 Å². The largest absolute Gasteiger partial charge is 0.357 e. The molecule has 3 heterocycles. The van der Waals surface area contributed by atoms with Gasteiger partial charge in [0.05, 0.1) is 5.52 Å². The van der Waals surface area contributed by atoms with Gasteiger partial charge < -0.3 is 15.1 Å². The number of carbonyl (C=O) groups is 2. The molecule has 0 aliphatic carbocycles. The molecule has 2 aromatic carbocycles. The molecule has 0 bridgehead atoms. The fraction of sp³-hybridized carbons (Fsp3) is 0.414. The minimum absolute atomic E-state index is 0.0805. The number of hydrogen-bond acceptors (Lipinski definition) is 5. The van der Waals surface area contributed by atoms with Crippen molar-refractivity contribution in [1.82, 2.24) is 14.8 Å². The van der Waals surface area contributed by atoms with Gasteiger partial charge in [-0.1, -0.05) is 30.3 Å². The number of rotatable bonds is 5. The predicted octanol–water partition coefficient (Wildman–Crippen LogP) is 4.06. The highest BCUT2D eigenvalue weighted by atomic mass is 16.2. The summed E-state index contributed by atoms with van der Waals surface area (Å²) in [5.41, 5.74) is 4.17. The van der Waals surface area contributed by atoms with E-state index in [1.54, 1.807) is 0 Å². The van der Waals surface area contributed by atoms with Crippen molar-refractivity contribution < 1.29 is 9.59 Å². The monoisotopic (exact) mass is 485 g/mol. The molecular formula is C29H35N5O2. The summed E-state index contributed by atoms with van der Waals surface area (Å²) in [7, 11) is 0. The Balaban J connectivity index is 1.15. The Morgan fingerprint density at radius 1 is 0.944 bits per heavy atom. The topological polar surface area (TPSA) is 68.8 Å². The van der Waals surface area contributed by atoms with Crippen LogP contribution in [-0.2, 0) is 16.1 Å². The standard InChI is InChI=1S/C29H35N5O2/c1-21-18-28(31-27-9-8-25(19-26(21)27)30-22(2)35)33-12-10-24(11-13-33)29(36)34-16-14-32(15-17-34)20-23-6-4-3-5-7-23/h3-9,18-19,24H,10-17,20H2,1-2H3,(H,30,35). The molecule has 36 heavy (non-hydrogen) atoms. The van der Waals surface area contributed by atoms with Crippen LogP contribution in [-0.4, -0.2) is 65.9 Å². The van der Waals surface area contributed by atoms with E-state index in [1.807, 2.05) is 24.3 Å². The van der Waals surface area contributed by atoms with E-state index >= 15 is 0 Å². The zero-order chi connectivity index (χ0) is 25.1. The third kappa shape index (κ3) is 5.51. The number of anilines is 2. The maximum atomic E-state index is 13.2. The highest BCUT2D eigenvalue weighted by Crippen LogP contribution is 2.29. The van der Waals surface area contributed by atoms with Crippen molar-refractivity contribution in [3.05, 3.63) is 65.7 Å². The first-order valence-electron chi connectivity index (χ1n) is 13.0. The minimum Gasteiger partial charge on any atom is -0.357 e. The van der Waals surface area contributed by atoms with Crippen LogP contribution in [0.25, 0.3) is 10.9 Å². The molecule has 0 radical (unpaired) electrons. The van der Waals surface area contributed by atoms with Gasteiger partial charge in [-0.05, 0) is 55.2 Å². The highest BCUT2D eigenvalue weighted by molar-refractivity contribution is 5.93. The molecule has 2 saturated heterocycles. The van der Waals surface area contributed by atoms with Gasteiger partial charge >= 0.3 is 0 Å². The number of hydrogen-bond donors (Lipinski definition) is 1. The molecule has 1 aromatic heterocycles. The van der Waals surface area contributed by atoms with Crippen molar-refractivity contribution in [1.29, 1.82) is 0 Å². The first kappa shape index (κ1) is 24.3. The van der Waals surface area contributed by atoms with Crippen molar-refractivity contribution in [2.45, 2.75) is 33.2 Å². The van der Waals surface area contributed by atoms with Gasteiger partial charge in [-0.3, -0.25) is 14.5 Å². The van der Waals surface area contributed by atoms with E-state index in [-0.39, 0.29) is 11.8 Å². The summed E-state index contributed by atoms with van der Waals surface area (Å²) in [4.78, 5) is 36.3. The molecule has 7 heteroatoms.